The maximum absolute atomic E-state index is 12.5. The largest absolute Gasteiger partial charge is 0.375 e. The van der Waals surface area contributed by atoms with Crippen molar-refractivity contribution in [3.05, 3.63) is 30.1 Å². The number of hydrogen-bond donors (Lipinski definition) is 1. The molecule has 1 aliphatic carbocycles. The molecule has 2 heterocycles. The molecule has 5 nitrogen and oxygen atoms in total. The second-order valence-electron chi connectivity index (χ2n) is 5.47. The lowest BCUT2D eigenvalue weighted by molar-refractivity contribution is -0.136. The summed E-state index contributed by atoms with van der Waals surface area (Å²) in [7, 11) is 0. The molecule has 1 unspecified atom stereocenters. The summed E-state index contributed by atoms with van der Waals surface area (Å²) in [6.45, 7) is 2.96. The van der Waals surface area contributed by atoms with Gasteiger partial charge in [0.1, 0.15) is 0 Å². The molecule has 1 amide bonds. The Labute approximate surface area is 119 Å². The Hall–Kier alpha value is -1.46. The predicted molar refractivity (Wildman–Crippen MR) is 75.0 cm³/mol. The minimum Gasteiger partial charge on any atom is -0.375 e. The van der Waals surface area contributed by atoms with Crippen molar-refractivity contribution in [1.29, 1.82) is 0 Å². The number of nitrogens with zero attached hydrogens (tertiary/aromatic N) is 2. The Morgan fingerprint density at radius 1 is 1.45 bits per heavy atom. The van der Waals surface area contributed by atoms with Crippen LogP contribution in [0, 0.1) is 0 Å². The number of carbonyl (C=O) groups excluding carboxylic acids is 1. The number of morpholine rings is 1. The summed E-state index contributed by atoms with van der Waals surface area (Å²) in [5.41, 5.74) is 0.954. The Balaban J connectivity index is 1.59. The third-order valence-electron chi connectivity index (χ3n) is 3.77. The predicted octanol–water partition coefficient (Wildman–Crippen LogP) is 0.951. The molecule has 0 bridgehead atoms. The minimum absolute atomic E-state index is 0.0150. The molecule has 3 rings (SSSR count). The van der Waals surface area contributed by atoms with Gasteiger partial charge in [-0.2, -0.15) is 0 Å². The molecule has 0 radical (unpaired) electrons. The van der Waals surface area contributed by atoms with E-state index in [0.29, 0.717) is 25.6 Å². The van der Waals surface area contributed by atoms with E-state index < -0.39 is 0 Å². The zero-order chi connectivity index (χ0) is 13.8. The molecule has 20 heavy (non-hydrogen) atoms. The molecular formula is C15H21N3O2. The quantitative estimate of drug-likeness (QED) is 0.869. The van der Waals surface area contributed by atoms with Gasteiger partial charge in [-0.25, -0.2) is 0 Å². The van der Waals surface area contributed by atoms with Crippen LogP contribution in [0.1, 0.15) is 25.0 Å². The van der Waals surface area contributed by atoms with Gasteiger partial charge < -0.3 is 15.0 Å². The molecule has 2 aliphatic rings. The Morgan fingerprint density at radius 3 is 3.00 bits per heavy atom. The van der Waals surface area contributed by atoms with Gasteiger partial charge in [-0.3, -0.25) is 9.78 Å². The van der Waals surface area contributed by atoms with Gasteiger partial charge in [0.25, 0.3) is 0 Å². The molecular weight excluding hydrogens is 254 g/mol. The highest BCUT2D eigenvalue weighted by Gasteiger charge is 2.33. The van der Waals surface area contributed by atoms with Crippen molar-refractivity contribution in [2.24, 2.45) is 0 Å². The highest BCUT2D eigenvalue weighted by Crippen LogP contribution is 2.29. The molecule has 1 aromatic heterocycles. The lowest BCUT2D eigenvalue weighted by Crippen LogP contribution is -2.43. The average Bonchev–Trinajstić information content (AvgIpc) is 3.31. The number of ether oxygens (including phenoxy) is 1. The second-order valence-corrected chi connectivity index (χ2v) is 5.47. The second kappa shape index (κ2) is 6.33. The van der Waals surface area contributed by atoms with Gasteiger partial charge in [0.2, 0.25) is 5.91 Å². The number of carbonyl (C=O) groups is 1. The number of rotatable bonds is 5. The van der Waals surface area contributed by atoms with Crippen LogP contribution >= 0.6 is 0 Å². The summed E-state index contributed by atoms with van der Waals surface area (Å²) in [4.78, 5) is 18.8. The van der Waals surface area contributed by atoms with Gasteiger partial charge in [0.05, 0.1) is 31.4 Å². The van der Waals surface area contributed by atoms with Gasteiger partial charge in [-0.1, -0.05) is 6.07 Å². The van der Waals surface area contributed by atoms with Crippen molar-refractivity contribution in [3.63, 3.8) is 0 Å². The van der Waals surface area contributed by atoms with Crippen molar-refractivity contribution < 1.29 is 9.53 Å². The van der Waals surface area contributed by atoms with Crippen LogP contribution in [0.2, 0.25) is 0 Å². The van der Waals surface area contributed by atoms with E-state index >= 15 is 0 Å². The zero-order valence-electron chi connectivity index (χ0n) is 11.6. The lowest BCUT2D eigenvalue weighted by Gasteiger charge is -2.27. The summed E-state index contributed by atoms with van der Waals surface area (Å²) >= 11 is 0. The van der Waals surface area contributed by atoms with E-state index in [4.69, 9.17) is 4.74 Å². The Kier molecular flexibility index (Phi) is 4.28. The van der Waals surface area contributed by atoms with Crippen molar-refractivity contribution in [2.75, 3.05) is 19.7 Å². The number of nitrogens with one attached hydrogen (secondary N) is 1. The fraction of sp³-hybridized carbons (Fsp3) is 0.600. The molecule has 1 atom stereocenters. The first-order chi connectivity index (χ1) is 9.83. The SMILES string of the molecule is O=C(CC1CNCCO1)N(Cc1ccccn1)C1CC1. The molecule has 0 aromatic carbocycles. The number of aromatic nitrogens is 1. The summed E-state index contributed by atoms with van der Waals surface area (Å²) in [5, 5.41) is 3.27. The lowest BCUT2D eigenvalue weighted by atomic mass is 10.2. The highest BCUT2D eigenvalue weighted by molar-refractivity contribution is 5.77. The van der Waals surface area contributed by atoms with Crippen LogP contribution in [0.5, 0.6) is 0 Å². The normalized spacial score (nSPS) is 22.5. The molecule has 1 aromatic rings. The van der Waals surface area contributed by atoms with Crippen LogP contribution in [0.15, 0.2) is 24.4 Å². The average molecular weight is 275 g/mol. The van der Waals surface area contributed by atoms with Gasteiger partial charge in [0, 0.05) is 25.3 Å². The molecule has 1 saturated carbocycles. The first kappa shape index (κ1) is 13.5. The summed E-state index contributed by atoms with van der Waals surface area (Å²) in [6.07, 6.45) is 4.49. The van der Waals surface area contributed by atoms with Crippen LogP contribution in [-0.4, -0.2) is 47.6 Å². The smallest absolute Gasteiger partial charge is 0.225 e. The van der Waals surface area contributed by atoms with Crippen molar-refractivity contribution >= 4 is 5.91 Å². The summed E-state index contributed by atoms with van der Waals surface area (Å²) < 4.78 is 5.62. The van der Waals surface area contributed by atoms with E-state index in [-0.39, 0.29) is 12.0 Å². The summed E-state index contributed by atoms with van der Waals surface area (Å²) in [6, 6.07) is 6.24. The van der Waals surface area contributed by atoms with Crippen LogP contribution in [0.4, 0.5) is 0 Å². The molecule has 1 aliphatic heterocycles. The molecule has 1 saturated heterocycles. The molecule has 1 N–H and O–H groups in total. The maximum Gasteiger partial charge on any atom is 0.225 e. The van der Waals surface area contributed by atoms with E-state index in [1.807, 2.05) is 23.1 Å². The van der Waals surface area contributed by atoms with Crippen LogP contribution < -0.4 is 5.32 Å². The Bertz CT molecular complexity index is 442. The monoisotopic (exact) mass is 275 g/mol. The highest BCUT2D eigenvalue weighted by atomic mass is 16.5. The zero-order valence-corrected chi connectivity index (χ0v) is 11.6. The topological polar surface area (TPSA) is 54.5 Å². The van der Waals surface area contributed by atoms with E-state index in [1.165, 1.54) is 0 Å². The van der Waals surface area contributed by atoms with Crippen molar-refractivity contribution in [2.45, 2.75) is 38.0 Å². The van der Waals surface area contributed by atoms with Crippen molar-refractivity contribution in [1.82, 2.24) is 15.2 Å². The number of hydrogen-bond acceptors (Lipinski definition) is 4. The van der Waals surface area contributed by atoms with Crippen LogP contribution in [-0.2, 0) is 16.1 Å². The number of pyridine rings is 1. The minimum atomic E-state index is 0.0150. The Morgan fingerprint density at radius 2 is 2.35 bits per heavy atom. The molecule has 5 heteroatoms. The van der Waals surface area contributed by atoms with E-state index in [1.54, 1.807) is 6.20 Å². The molecule has 0 spiro atoms. The fourth-order valence-electron chi connectivity index (χ4n) is 2.54. The number of amides is 1. The first-order valence-electron chi connectivity index (χ1n) is 7.34. The third-order valence-corrected chi connectivity index (χ3v) is 3.77. The molecule has 108 valence electrons. The van der Waals surface area contributed by atoms with Gasteiger partial charge in [0.15, 0.2) is 0 Å². The van der Waals surface area contributed by atoms with Crippen LogP contribution in [0.3, 0.4) is 0 Å². The molecule has 2 fully saturated rings. The van der Waals surface area contributed by atoms with Gasteiger partial charge in [-0.15, -0.1) is 0 Å². The summed E-state index contributed by atoms with van der Waals surface area (Å²) in [5.74, 6) is 0.187. The third kappa shape index (κ3) is 3.55. The first-order valence-corrected chi connectivity index (χ1v) is 7.34. The van der Waals surface area contributed by atoms with Gasteiger partial charge in [-0.05, 0) is 25.0 Å². The van der Waals surface area contributed by atoms with E-state index in [9.17, 15) is 4.79 Å². The standard InChI is InChI=1S/C15H21N3O2/c19-15(9-14-10-16-7-8-20-14)18(13-4-5-13)11-12-3-1-2-6-17-12/h1-3,6,13-14,16H,4-5,7-11H2. The van der Waals surface area contributed by atoms with E-state index in [2.05, 4.69) is 10.3 Å². The maximum atomic E-state index is 12.5. The fourth-order valence-corrected chi connectivity index (χ4v) is 2.54. The van der Waals surface area contributed by atoms with Crippen LogP contribution in [0.25, 0.3) is 0 Å². The van der Waals surface area contributed by atoms with Crippen molar-refractivity contribution in [3.8, 4) is 0 Å². The van der Waals surface area contributed by atoms with Gasteiger partial charge >= 0.3 is 0 Å². The van der Waals surface area contributed by atoms with E-state index in [0.717, 1.165) is 31.6 Å².